The lowest BCUT2D eigenvalue weighted by Gasteiger charge is -2.13. The summed E-state index contributed by atoms with van der Waals surface area (Å²) in [7, 11) is 0. The predicted molar refractivity (Wildman–Crippen MR) is 126 cm³/mol. The zero-order valence-electron chi connectivity index (χ0n) is 16.4. The summed E-state index contributed by atoms with van der Waals surface area (Å²) >= 11 is 13.3. The van der Waals surface area contributed by atoms with Gasteiger partial charge in [-0.1, -0.05) is 41.4 Å². The van der Waals surface area contributed by atoms with Crippen LogP contribution in [-0.2, 0) is 4.79 Å². The fourth-order valence-electron chi connectivity index (χ4n) is 2.72. The van der Waals surface area contributed by atoms with E-state index in [0.29, 0.717) is 27.0 Å². The van der Waals surface area contributed by atoms with Crippen LogP contribution in [0.1, 0.15) is 22.8 Å². The van der Waals surface area contributed by atoms with Gasteiger partial charge in [0.05, 0.1) is 15.3 Å². The Labute approximate surface area is 190 Å². The summed E-state index contributed by atoms with van der Waals surface area (Å²) in [5, 5.41) is 6.22. The number of carbonyl (C=O) groups is 2. The molecule has 0 saturated heterocycles. The van der Waals surface area contributed by atoms with Gasteiger partial charge < -0.3 is 10.6 Å². The molecule has 0 spiro atoms. The summed E-state index contributed by atoms with van der Waals surface area (Å²) in [6, 6.07) is 19.8. The van der Waals surface area contributed by atoms with Crippen LogP contribution in [0.2, 0.25) is 10.0 Å². The van der Waals surface area contributed by atoms with Gasteiger partial charge in [0, 0.05) is 21.8 Å². The molecule has 4 nitrogen and oxygen atoms in total. The molecule has 2 N–H and O–H groups in total. The van der Waals surface area contributed by atoms with Crippen molar-refractivity contribution in [3.05, 3.63) is 87.9 Å². The predicted octanol–water partition coefficient (Wildman–Crippen LogP) is 6.67. The number of aryl methyl sites for hydroxylation is 1. The number of anilines is 2. The van der Waals surface area contributed by atoms with Gasteiger partial charge in [-0.25, -0.2) is 0 Å². The Morgan fingerprint density at radius 2 is 1.53 bits per heavy atom. The number of rotatable bonds is 6. The van der Waals surface area contributed by atoms with Gasteiger partial charge in [0.1, 0.15) is 0 Å². The lowest BCUT2D eigenvalue weighted by Crippen LogP contribution is -2.22. The third-order valence-corrected chi connectivity index (χ3v) is 6.22. The molecule has 0 aliphatic rings. The van der Waals surface area contributed by atoms with Crippen LogP contribution in [0.5, 0.6) is 0 Å². The molecule has 0 saturated carbocycles. The van der Waals surface area contributed by atoms with E-state index in [1.165, 1.54) is 11.8 Å². The van der Waals surface area contributed by atoms with Crippen molar-refractivity contribution in [2.45, 2.75) is 24.0 Å². The highest BCUT2D eigenvalue weighted by molar-refractivity contribution is 8.00. The lowest BCUT2D eigenvalue weighted by molar-refractivity contribution is -0.115. The van der Waals surface area contributed by atoms with E-state index in [0.717, 1.165) is 10.5 Å². The third-order valence-electron chi connectivity index (χ3n) is 4.37. The van der Waals surface area contributed by atoms with Gasteiger partial charge in [-0.15, -0.1) is 11.8 Å². The second-order valence-electron chi connectivity index (χ2n) is 6.67. The van der Waals surface area contributed by atoms with E-state index in [-0.39, 0.29) is 17.1 Å². The summed E-state index contributed by atoms with van der Waals surface area (Å²) in [4.78, 5) is 25.8. The van der Waals surface area contributed by atoms with Crippen LogP contribution in [0.3, 0.4) is 0 Å². The van der Waals surface area contributed by atoms with Gasteiger partial charge in [0.2, 0.25) is 5.91 Å². The second kappa shape index (κ2) is 10.0. The van der Waals surface area contributed by atoms with Crippen LogP contribution < -0.4 is 10.6 Å². The van der Waals surface area contributed by atoms with Crippen molar-refractivity contribution in [3.63, 3.8) is 0 Å². The minimum atomic E-state index is -0.327. The standard InChI is InChI=1S/C23H20Cl2N2O2S/c1-14-5-3-4-6-19(14)23(29)26-16-7-10-18(11-8-16)30-15(2)22(28)27-17-9-12-20(24)21(25)13-17/h3-13,15H,1-2H3,(H,26,29)(H,27,28). The summed E-state index contributed by atoms with van der Waals surface area (Å²) in [6.07, 6.45) is 0. The molecular formula is C23H20Cl2N2O2S. The van der Waals surface area contributed by atoms with E-state index in [9.17, 15) is 9.59 Å². The number of hydrogen-bond donors (Lipinski definition) is 2. The maximum absolute atomic E-state index is 12.4. The zero-order valence-corrected chi connectivity index (χ0v) is 18.7. The maximum Gasteiger partial charge on any atom is 0.255 e. The first-order valence-corrected chi connectivity index (χ1v) is 10.9. The molecular weight excluding hydrogens is 439 g/mol. The minimum absolute atomic E-state index is 0.143. The van der Waals surface area contributed by atoms with Crippen LogP contribution in [0.4, 0.5) is 11.4 Å². The molecule has 7 heteroatoms. The van der Waals surface area contributed by atoms with Gasteiger partial charge in [-0.05, 0) is 67.9 Å². The Balaban J connectivity index is 1.58. The smallest absolute Gasteiger partial charge is 0.255 e. The Kier molecular flexibility index (Phi) is 7.43. The maximum atomic E-state index is 12.4. The molecule has 1 atom stereocenters. The fraction of sp³-hybridized carbons (Fsp3) is 0.130. The van der Waals surface area contributed by atoms with Gasteiger partial charge >= 0.3 is 0 Å². The first-order chi connectivity index (χ1) is 14.3. The number of nitrogens with one attached hydrogen (secondary N) is 2. The molecule has 3 aromatic rings. The van der Waals surface area contributed by atoms with Crippen LogP contribution in [-0.4, -0.2) is 17.1 Å². The average molecular weight is 459 g/mol. The molecule has 3 aromatic carbocycles. The van der Waals surface area contributed by atoms with Crippen LogP contribution >= 0.6 is 35.0 Å². The van der Waals surface area contributed by atoms with Crippen molar-refractivity contribution >= 4 is 58.2 Å². The van der Waals surface area contributed by atoms with Gasteiger partial charge in [-0.2, -0.15) is 0 Å². The monoisotopic (exact) mass is 458 g/mol. The average Bonchev–Trinajstić information content (AvgIpc) is 2.72. The number of benzene rings is 3. The Hall–Kier alpha value is -2.47. The topological polar surface area (TPSA) is 58.2 Å². The SMILES string of the molecule is Cc1ccccc1C(=O)Nc1ccc(SC(C)C(=O)Nc2ccc(Cl)c(Cl)c2)cc1. The Morgan fingerprint density at radius 3 is 2.20 bits per heavy atom. The van der Waals surface area contributed by atoms with E-state index >= 15 is 0 Å². The van der Waals surface area contributed by atoms with E-state index in [2.05, 4.69) is 10.6 Å². The lowest BCUT2D eigenvalue weighted by atomic mass is 10.1. The minimum Gasteiger partial charge on any atom is -0.325 e. The molecule has 3 rings (SSSR count). The highest BCUT2D eigenvalue weighted by Crippen LogP contribution is 2.28. The number of thioether (sulfide) groups is 1. The molecule has 154 valence electrons. The summed E-state index contributed by atoms with van der Waals surface area (Å²) in [5.74, 6) is -0.293. The summed E-state index contributed by atoms with van der Waals surface area (Å²) < 4.78 is 0. The number of halogens is 2. The molecule has 0 aliphatic heterocycles. The van der Waals surface area contributed by atoms with Crippen molar-refractivity contribution in [2.75, 3.05) is 10.6 Å². The van der Waals surface area contributed by atoms with Gasteiger partial charge in [0.25, 0.3) is 5.91 Å². The fourth-order valence-corrected chi connectivity index (χ4v) is 3.88. The van der Waals surface area contributed by atoms with Crippen molar-refractivity contribution in [2.24, 2.45) is 0 Å². The molecule has 0 aliphatic carbocycles. The summed E-state index contributed by atoms with van der Waals surface area (Å²) in [6.45, 7) is 3.73. The molecule has 1 unspecified atom stereocenters. The highest BCUT2D eigenvalue weighted by Gasteiger charge is 2.15. The van der Waals surface area contributed by atoms with E-state index in [4.69, 9.17) is 23.2 Å². The Bertz CT molecular complexity index is 1070. The second-order valence-corrected chi connectivity index (χ2v) is 8.90. The number of hydrogen-bond acceptors (Lipinski definition) is 3. The zero-order chi connectivity index (χ0) is 21.7. The van der Waals surface area contributed by atoms with Crippen molar-refractivity contribution in [1.29, 1.82) is 0 Å². The van der Waals surface area contributed by atoms with Gasteiger partial charge in [-0.3, -0.25) is 9.59 Å². The third kappa shape index (κ3) is 5.79. The molecule has 0 bridgehead atoms. The van der Waals surface area contributed by atoms with E-state index in [1.807, 2.05) is 56.3 Å². The van der Waals surface area contributed by atoms with Crippen molar-refractivity contribution in [1.82, 2.24) is 0 Å². The quantitative estimate of drug-likeness (QED) is 0.405. The Morgan fingerprint density at radius 1 is 0.867 bits per heavy atom. The largest absolute Gasteiger partial charge is 0.325 e. The molecule has 0 heterocycles. The number of amides is 2. The first kappa shape index (κ1) is 22.2. The molecule has 2 amide bonds. The van der Waals surface area contributed by atoms with Crippen molar-refractivity contribution < 1.29 is 9.59 Å². The van der Waals surface area contributed by atoms with E-state index < -0.39 is 0 Å². The molecule has 0 radical (unpaired) electrons. The van der Waals surface area contributed by atoms with Crippen molar-refractivity contribution in [3.8, 4) is 0 Å². The van der Waals surface area contributed by atoms with Gasteiger partial charge in [0.15, 0.2) is 0 Å². The van der Waals surface area contributed by atoms with E-state index in [1.54, 1.807) is 24.3 Å². The summed E-state index contributed by atoms with van der Waals surface area (Å²) in [5.41, 5.74) is 2.85. The highest BCUT2D eigenvalue weighted by atomic mass is 35.5. The molecule has 0 fully saturated rings. The normalized spacial score (nSPS) is 11.6. The molecule has 30 heavy (non-hydrogen) atoms. The van der Waals surface area contributed by atoms with Crippen LogP contribution in [0.15, 0.2) is 71.6 Å². The van der Waals surface area contributed by atoms with Crippen LogP contribution in [0.25, 0.3) is 0 Å². The van der Waals surface area contributed by atoms with Crippen LogP contribution in [0, 0.1) is 6.92 Å². The number of carbonyl (C=O) groups excluding carboxylic acids is 2. The first-order valence-electron chi connectivity index (χ1n) is 9.23. The molecule has 0 aromatic heterocycles.